The Balaban J connectivity index is 4.20. The van der Waals surface area contributed by atoms with Crippen molar-refractivity contribution >= 4 is 25.9 Å². The SMILES string of the molecule is C[SiH2][SiH]([SiH2]C(C)(C)C)C(C)(C)C. The van der Waals surface area contributed by atoms with E-state index in [9.17, 15) is 0 Å². The first-order chi connectivity index (χ1) is 5.17. The van der Waals surface area contributed by atoms with Crippen molar-refractivity contribution in [2.24, 2.45) is 0 Å². The number of hydrogen-bond acceptors (Lipinski definition) is 0. The maximum absolute atomic E-state index is 2.54. The molecule has 3 heteroatoms. The van der Waals surface area contributed by atoms with E-state index in [1.54, 1.807) is 0 Å². The molecule has 0 heterocycles. The number of rotatable bonds is 2. The molecule has 0 saturated heterocycles. The second kappa shape index (κ2) is 4.24. The lowest BCUT2D eigenvalue weighted by molar-refractivity contribution is 0.738. The van der Waals surface area contributed by atoms with Gasteiger partial charge in [0.1, 0.15) is 0 Å². The maximum Gasteiger partial charge on any atom is 0.0196 e. The Bertz CT molecular complexity index is 130. The zero-order valence-electron chi connectivity index (χ0n) is 9.99. The minimum Gasteiger partial charge on any atom is -0.0771 e. The molecular weight excluding hydrogens is 192 g/mol. The third kappa shape index (κ3) is 5.32. The summed E-state index contributed by atoms with van der Waals surface area (Å²) < 4.78 is 0. The van der Waals surface area contributed by atoms with Crippen LogP contribution in [-0.4, -0.2) is 25.9 Å². The summed E-state index contributed by atoms with van der Waals surface area (Å²) in [5.41, 5.74) is 0. The van der Waals surface area contributed by atoms with Gasteiger partial charge in [0.05, 0.1) is 0 Å². The van der Waals surface area contributed by atoms with Crippen LogP contribution in [0.4, 0.5) is 0 Å². The maximum atomic E-state index is 2.54. The van der Waals surface area contributed by atoms with Crippen LogP contribution in [-0.2, 0) is 0 Å². The average Bonchev–Trinajstić information content (AvgIpc) is 1.78. The van der Waals surface area contributed by atoms with E-state index in [1.807, 2.05) is 0 Å². The van der Waals surface area contributed by atoms with E-state index in [2.05, 4.69) is 48.1 Å². The van der Waals surface area contributed by atoms with Crippen molar-refractivity contribution in [2.75, 3.05) is 0 Å². The van der Waals surface area contributed by atoms with Crippen LogP contribution in [0.25, 0.3) is 0 Å². The minimum atomic E-state index is -0.248. The first-order valence-corrected chi connectivity index (χ1v) is 14.4. The molecule has 0 rings (SSSR count). The molecule has 0 fully saturated rings. The van der Waals surface area contributed by atoms with Gasteiger partial charge < -0.3 is 0 Å². The Labute approximate surface area is 84.4 Å². The van der Waals surface area contributed by atoms with Crippen LogP contribution in [0.2, 0.25) is 16.6 Å². The molecule has 0 radical (unpaired) electrons. The Hall–Kier alpha value is 0.651. The summed E-state index contributed by atoms with van der Waals surface area (Å²) in [5.74, 6) is 0. The van der Waals surface area contributed by atoms with Crippen LogP contribution in [0.1, 0.15) is 41.5 Å². The zero-order valence-corrected chi connectivity index (χ0v) is 14.0. The molecular formula is C9H26Si3. The van der Waals surface area contributed by atoms with Crippen LogP contribution >= 0.6 is 0 Å². The highest BCUT2D eigenvalue weighted by Crippen LogP contribution is 2.31. The lowest BCUT2D eigenvalue weighted by atomic mass is 10.2. The van der Waals surface area contributed by atoms with E-state index in [-0.39, 0.29) is 16.9 Å². The van der Waals surface area contributed by atoms with Crippen molar-refractivity contribution in [3.63, 3.8) is 0 Å². The Kier molecular flexibility index (Phi) is 4.47. The largest absolute Gasteiger partial charge is 0.0771 e. The van der Waals surface area contributed by atoms with Gasteiger partial charge in [-0.1, -0.05) is 58.2 Å². The highest BCUT2D eigenvalue weighted by atomic mass is 29.6. The van der Waals surface area contributed by atoms with E-state index in [1.165, 1.54) is 0 Å². The average molecular weight is 219 g/mol. The third-order valence-electron chi connectivity index (χ3n) is 2.58. The fourth-order valence-corrected chi connectivity index (χ4v) is 26.6. The minimum absolute atomic E-state index is 0.248. The van der Waals surface area contributed by atoms with Gasteiger partial charge in [0.15, 0.2) is 0 Å². The molecule has 1 unspecified atom stereocenters. The summed E-state index contributed by atoms with van der Waals surface area (Å²) in [5, 5.41) is 1.45. The highest BCUT2D eigenvalue weighted by Gasteiger charge is 2.29. The molecule has 0 aromatic carbocycles. The molecule has 1 atom stereocenters. The molecule has 0 aliphatic rings. The summed E-state index contributed by atoms with van der Waals surface area (Å²) in [6, 6.07) is 0. The van der Waals surface area contributed by atoms with Crippen LogP contribution in [0.15, 0.2) is 0 Å². The normalized spacial score (nSPS) is 18.2. The van der Waals surface area contributed by atoms with Crippen molar-refractivity contribution < 1.29 is 0 Å². The van der Waals surface area contributed by atoms with Crippen molar-refractivity contribution in [1.29, 1.82) is 0 Å². The first-order valence-electron chi connectivity index (χ1n) is 5.17. The predicted octanol–water partition coefficient (Wildman–Crippen LogP) is 1.61. The van der Waals surface area contributed by atoms with Crippen molar-refractivity contribution in [3.05, 3.63) is 0 Å². The topological polar surface area (TPSA) is 0 Å². The van der Waals surface area contributed by atoms with Crippen LogP contribution in [0.3, 0.4) is 0 Å². The molecule has 0 nitrogen and oxygen atoms in total. The van der Waals surface area contributed by atoms with Gasteiger partial charge >= 0.3 is 0 Å². The number of hydrogen-bond donors (Lipinski definition) is 0. The van der Waals surface area contributed by atoms with E-state index in [0.717, 1.165) is 5.04 Å². The van der Waals surface area contributed by atoms with Gasteiger partial charge in [0, 0.05) is 25.9 Å². The van der Waals surface area contributed by atoms with Gasteiger partial charge in [-0.2, -0.15) is 0 Å². The van der Waals surface area contributed by atoms with Gasteiger partial charge in [-0.3, -0.25) is 0 Å². The lowest BCUT2D eigenvalue weighted by Gasteiger charge is -2.33. The van der Waals surface area contributed by atoms with Gasteiger partial charge in [-0.05, 0) is 0 Å². The molecule has 12 heavy (non-hydrogen) atoms. The monoisotopic (exact) mass is 218 g/mol. The molecule has 0 aliphatic heterocycles. The molecule has 0 bridgehead atoms. The lowest BCUT2D eigenvalue weighted by Crippen LogP contribution is -2.41. The molecule has 0 aromatic rings. The molecule has 74 valence electrons. The molecule has 0 aromatic heterocycles. The molecule has 0 amide bonds. The van der Waals surface area contributed by atoms with Gasteiger partial charge in [0.2, 0.25) is 0 Å². The Morgan fingerprint density at radius 2 is 1.33 bits per heavy atom. The predicted molar refractivity (Wildman–Crippen MR) is 69.5 cm³/mol. The molecule has 0 aliphatic carbocycles. The highest BCUT2D eigenvalue weighted by molar-refractivity contribution is 7.41. The van der Waals surface area contributed by atoms with E-state index >= 15 is 0 Å². The van der Waals surface area contributed by atoms with Gasteiger partial charge in [0.25, 0.3) is 0 Å². The van der Waals surface area contributed by atoms with E-state index < -0.39 is 0 Å². The fourth-order valence-electron chi connectivity index (χ4n) is 1.80. The molecule has 0 N–H and O–H groups in total. The van der Waals surface area contributed by atoms with Crippen LogP contribution < -0.4 is 0 Å². The summed E-state index contributed by atoms with van der Waals surface area (Å²) in [6.45, 7) is 17.4. The third-order valence-corrected chi connectivity index (χ3v) is 31.0. The smallest absolute Gasteiger partial charge is 0.0196 e. The quantitative estimate of drug-likeness (QED) is 0.618. The first kappa shape index (κ1) is 12.7. The van der Waals surface area contributed by atoms with Crippen molar-refractivity contribution in [3.8, 4) is 0 Å². The summed E-state index contributed by atoms with van der Waals surface area (Å²) in [6.07, 6.45) is 0. The van der Waals surface area contributed by atoms with Gasteiger partial charge in [-0.15, -0.1) is 0 Å². The molecule has 0 saturated carbocycles. The van der Waals surface area contributed by atoms with Crippen LogP contribution in [0.5, 0.6) is 0 Å². The zero-order chi connectivity index (χ0) is 9.99. The fraction of sp³-hybridized carbons (Fsp3) is 1.00. The van der Waals surface area contributed by atoms with E-state index in [4.69, 9.17) is 0 Å². The van der Waals surface area contributed by atoms with Crippen LogP contribution in [0, 0.1) is 0 Å². The second-order valence-electron chi connectivity index (χ2n) is 6.24. The van der Waals surface area contributed by atoms with E-state index in [0.29, 0.717) is 14.1 Å². The summed E-state index contributed by atoms with van der Waals surface area (Å²) in [7, 11) is 0.356. The summed E-state index contributed by atoms with van der Waals surface area (Å²) in [4.78, 5) is 0. The summed E-state index contributed by atoms with van der Waals surface area (Å²) >= 11 is 0. The van der Waals surface area contributed by atoms with Crippen molar-refractivity contribution in [2.45, 2.75) is 58.2 Å². The Morgan fingerprint density at radius 1 is 0.917 bits per heavy atom. The standard InChI is InChI=1S/C9H26Si3/c1-8(2,3)11-12(10-7)9(4,5)6/h12H,10-11H2,1-7H3. The Morgan fingerprint density at radius 3 is 1.42 bits per heavy atom. The molecule has 0 spiro atoms. The van der Waals surface area contributed by atoms with Crippen molar-refractivity contribution in [1.82, 2.24) is 0 Å². The second-order valence-corrected chi connectivity index (χ2v) is 25.8. The van der Waals surface area contributed by atoms with Gasteiger partial charge in [-0.25, -0.2) is 0 Å².